The fourth-order valence-electron chi connectivity index (χ4n) is 2.61. The highest BCUT2D eigenvalue weighted by atomic mass is 35.5. The zero-order valence-electron chi connectivity index (χ0n) is 12.4. The molecule has 0 bridgehead atoms. The van der Waals surface area contributed by atoms with Crippen LogP contribution in [0.3, 0.4) is 0 Å². The Labute approximate surface area is 144 Å². The summed E-state index contributed by atoms with van der Waals surface area (Å²) in [4.78, 5) is 16.4. The minimum Gasteiger partial charge on any atom is -0.369 e. The van der Waals surface area contributed by atoms with Gasteiger partial charge in [0, 0.05) is 54.9 Å². The number of carbonyl (C=O) groups is 1. The second-order valence-corrected chi connectivity index (χ2v) is 8.15. The maximum absolute atomic E-state index is 12.2. The van der Waals surface area contributed by atoms with E-state index in [2.05, 4.69) is 10.2 Å². The predicted octanol–water partition coefficient (Wildman–Crippen LogP) is 3.47. The lowest BCUT2D eigenvalue weighted by Crippen LogP contribution is -2.40. The van der Waals surface area contributed by atoms with Gasteiger partial charge in [-0.3, -0.25) is 0 Å². The third-order valence-electron chi connectivity index (χ3n) is 3.85. The molecule has 2 saturated heterocycles. The van der Waals surface area contributed by atoms with Crippen LogP contribution in [0, 0.1) is 0 Å². The molecular formula is C15H20ClN3OS2. The zero-order chi connectivity index (χ0) is 15.4. The maximum atomic E-state index is 12.2. The molecule has 2 fully saturated rings. The summed E-state index contributed by atoms with van der Waals surface area (Å²) in [5.74, 6) is 4.31. The number of nitrogens with one attached hydrogen (secondary N) is 1. The molecule has 2 heterocycles. The Morgan fingerprint density at radius 1 is 1.05 bits per heavy atom. The number of nitrogens with zero attached hydrogens (tertiary/aromatic N) is 2. The SMILES string of the molecule is O=C(Nc1ccc(N2CCSCC2)c(Cl)c1)N1CCSCC1. The van der Waals surface area contributed by atoms with Crippen molar-refractivity contribution in [2.75, 3.05) is 59.4 Å². The molecule has 0 aromatic heterocycles. The first kappa shape index (κ1) is 16.1. The Bertz CT molecular complexity index is 532. The molecule has 0 spiro atoms. The first-order valence-electron chi connectivity index (χ1n) is 7.50. The van der Waals surface area contributed by atoms with Gasteiger partial charge in [-0.05, 0) is 18.2 Å². The predicted molar refractivity (Wildman–Crippen MR) is 98.9 cm³/mol. The van der Waals surface area contributed by atoms with Gasteiger partial charge >= 0.3 is 6.03 Å². The van der Waals surface area contributed by atoms with Gasteiger partial charge in [-0.1, -0.05) is 11.6 Å². The van der Waals surface area contributed by atoms with Crippen LogP contribution in [0.2, 0.25) is 5.02 Å². The van der Waals surface area contributed by atoms with Gasteiger partial charge in [0.1, 0.15) is 0 Å². The van der Waals surface area contributed by atoms with Crippen LogP contribution in [0.5, 0.6) is 0 Å². The van der Waals surface area contributed by atoms with E-state index < -0.39 is 0 Å². The molecule has 0 atom stereocenters. The van der Waals surface area contributed by atoms with Crippen molar-refractivity contribution in [2.24, 2.45) is 0 Å². The lowest BCUT2D eigenvalue weighted by molar-refractivity contribution is 0.217. The van der Waals surface area contributed by atoms with E-state index in [1.165, 1.54) is 0 Å². The number of amides is 2. The van der Waals surface area contributed by atoms with Crippen LogP contribution in [0.15, 0.2) is 18.2 Å². The van der Waals surface area contributed by atoms with Crippen molar-refractivity contribution >= 4 is 52.5 Å². The minimum absolute atomic E-state index is 0.0292. The quantitative estimate of drug-likeness (QED) is 0.879. The highest BCUT2D eigenvalue weighted by Crippen LogP contribution is 2.30. The third kappa shape index (κ3) is 3.97. The van der Waals surface area contributed by atoms with E-state index >= 15 is 0 Å². The molecule has 22 heavy (non-hydrogen) atoms. The van der Waals surface area contributed by atoms with Gasteiger partial charge in [0.25, 0.3) is 0 Å². The molecule has 0 aliphatic carbocycles. The summed E-state index contributed by atoms with van der Waals surface area (Å²) < 4.78 is 0. The molecule has 2 amide bonds. The van der Waals surface area contributed by atoms with Crippen LogP contribution >= 0.6 is 35.1 Å². The van der Waals surface area contributed by atoms with Crippen molar-refractivity contribution < 1.29 is 4.79 Å². The summed E-state index contributed by atoms with van der Waals surface area (Å²) in [7, 11) is 0. The van der Waals surface area contributed by atoms with Crippen LogP contribution in [-0.2, 0) is 0 Å². The third-order valence-corrected chi connectivity index (χ3v) is 6.04. The first-order valence-corrected chi connectivity index (χ1v) is 10.2. The van der Waals surface area contributed by atoms with E-state index in [1.807, 2.05) is 46.6 Å². The van der Waals surface area contributed by atoms with Gasteiger partial charge in [-0.25, -0.2) is 4.79 Å². The molecule has 7 heteroatoms. The minimum atomic E-state index is -0.0292. The van der Waals surface area contributed by atoms with Crippen molar-refractivity contribution in [3.63, 3.8) is 0 Å². The van der Waals surface area contributed by atoms with E-state index in [1.54, 1.807) is 0 Å². The molecule has 1 aromatic carbocycles. The zero-order valence-corrected chi connectivity index (χ0v) is 14.8. The summed E-state index contributed by atoms with van der Waals surface area (Å²) in [6.45, 7) is 3.69. The number of carbonyl (C=O) groups excluding carboxylic acids is 1. The first-order chi connectivity index (χ1) is 10.7. The molecule has 2 aliphatic rings. The summed E-state index contributed by atoms with van der Waals surface area (Å²) in [6, 6.07) is 5.79. The van der Waals surface area contributed by atoms with E-state index in [-0.39, 0.29) is 6.03 Å². The molecule has 120 valence electrons. The van der Waals surface area contributed by atoms with E-state index in [9.17, 15) is 4.79 Å². The molecule has 0 unspecified atom stereocenters. The molecule has 1 N–H and O–H groups in total. The number of anilines is 2. The second-order valence-electron chi connectivity index (χ2n) is 5.30. The topological polar surface area (TPSA) is 35.6 Å². The number of thioether (sulfide) groups is 2. The normalized spacial score (nSPS) is 19.1. The van der Waals surface area contributed by atoms with Crippen LogP contribution in [0.25, 0.3) is 0 Å². The van der Waals surface area contributed by atoms with Gasteiger partial charge in [0.2, 0.25) is 0 Å². The average Bonchev–Trinajstić information content (AvgIpc) is 2.56. The van der Waals surface area contributed by atoms with Crippen molar-refractivity contribution in [1.29, 1.82) is 0 Å². The van der Waals surface area contributed by atoms with E-state index in [0.717, 1.165) is 60.6 Å². The van der Waals surface area contributed by atoms with E-state index in [4.69, 9.17) is 11.6 Å². The van der Waals surface area contributed by atoms with Crippen molar-refractivity contribution in [1.82, 2.24) is 4.90 Å². The summed E-state index contributed by atoms with van der Waals surface area (Å²) in [5.41, 5.74) is 1.83. The standard InChI is InChI=1S/C15H20ClN3OS2/c16-13-11-12(17-15(20)19-5-9-22-10-6-19)1-2-14(13)18-3-7-21-8-4-18/h1-2,11H,3-10H2,(H,17,20). The van der Waals surface area contributed by atoms with Crippen molar-refractivity contribution in [3.05, 3.63) is 23.2 Å². The molecule has 2 aliphatic heterocycles. The molecule has 0 radical (unpaired) electrons. The average molecular weight is 358 g/mol. The van der Waals surface area contributed by atoms with Gasteiger partial charge in [0.05, 0.1) is 10.7 Å². The Kier molecular flexibility index (Phi) is 5.66. The lowest BCUT2D eigenvalue weighted by Gasteiger charge is -2.30. The van der Waals surface area contributed by atoms with Gasteiger partial charge in [0.15, 0.2) is 0 Å². The largest absolute Gasteiger partial charge is 0.369 e. The van der Waals surface area contributed by atoms with Crippen LogP contribution < -0.4 is 10.2 Å². The lowest BCUT2D eigenvalue weighted by atomic mass is 10.2. The van der Waals surface area contributed by atoms with Gasteiger partial charge in [-0.15, -0.1) is 0 Å². The summed E-state index contributed by atoms with van der Waals surface area (Å²) in [6.07, 6.45) is 0. The number of rotatable bonds is 2. The van der Waals surface area contributed by atoms with Gasteiger partial charge in [-0.2, -0.15) is 23.5 Å². The van der Waals surface area contributed by atoms with E-state index in [0.29, 0.717) is 5.02 Å². The molecule has 0 saturated carbocycles. The monoisotopic (exact) mass is 357 g/mol. The number of hydrogen-bond acceptors (Lipinski definition) is 4. The molecular weight excluding hydrogens is 338 g/mol. The molecule has 3 rings (SSSR count). The number of halogens is 1. The number of urea groups is 1. The van der Waals surface area contributed by atoms with Gasteiger partial charge < -0.3 is 15.1 Å². The fourth-order valence-corrected chi connectivity index (χ4v) is 4.72. The number of benzene rings is 1. The highest BCUT2D eigenvalue weighted by Gasteiger charge is 2.18. The Morgan fingerprint density at radius 2 is 1.68 bits per heavy atom. The molecule has 1 aromatic rings. The summed E-state index contributed by atoms with van der Waals surface area (Å²) in [5, 5.41) is 3.66. The number of hydrogen-bond donors (Lipinski definition) is 1. The van der Waals surface area contributed by atoms with Crippen LogP contribution in [0.1, 0.15) is 0 Å². The van der Waals surface area contributed by atoms with Crippen molar-refractivity contribution in [3.8, 4) is 0 Å². The fraction of sp³-hybridized carbons (Fsp3) is 0.533. The maximum Gasteiger partial charge on any atom is 0.321 e. The Balaban J connectivity index is 1.64. The van der Waals surface area contributed by atoms with Crippen LogP contribution in [0.4, 0.5) is 16.2 Å². The highest BCUT2D eigenvalue weighted by molar-refractivity contribution is 7.99. The smallest absolute Gasteiger partial charge is 0.321 e. The van der Waals surface area contributed by atoms with Crippen LogP contribution in [-0.4, -0.2) is 60.1 Å². The molecule has 4 nitrogen and oxygen atoms in total. The van der Waals surface area contributed by atoms with Crippen molar-refractivity contribution in [2.45, 2.75) is 0 Å². The Morgan fingerprint density at radius 3 is 2.32 bits per heavy atom. The summed E-state index contributed by atoms with van der Waals surface area (Å²) >= 11 is 10.3. The Hall–Kier alpha value is -0.720. The second kappa shape index (κ2) is 7.70.